The smallest absolute Gasteiger partial charge is 0.178 e. The predicted octanol–water partition coefficient (Wildman–Crippen LogP) is 3.35. The Morgan fingerprint density at radius 2 is 1.80 bits per heavy atom. The van der Waals surface area contributed by atoms with Crippen molar-refractivity contribution in [1.29, 1.82) is 0 Å². The Balaban J connectivity index is 2.52. The second-order valence-corrected chi connectivity index (χ2v) is 3.25. The maximum atomic E-state index is 12.7. The van der Waals surface area contributed by atoms with Crippen molar-refractivity contribution < 1.29 is 9.18 Å². The van der Waals surface area contributed by atoms with E-state index in [4.69, 9.17) is 0 Å². The average molecular weight is 200 g/mol. The van der Waals surface area contributed by atoms with Gasteiger partial charge in [0.15, 0.2) is 12.1 Å². The minimum atomic E-state index is -0.759. The molecule has 0 atom stereocenters. The molecule has 2 aromatic carbocycles. The van der Waals surface area contributed by atoms with E-state index in [0.29, 0.717) is 5.56 Å². The van der Waals surface area contributed by atoms with Crippen LogP contribution in [0.1, 0.15) is 5.56 Å². The number of fused-ring (bicyclic) bond motifs is 1. The number of allylic oxidation sites excluding steroid dienone is 1. The standard InChI is InChI=1S/C13H9FO/c14-13(9-15)8-10-5-6-11-3-1-2-4-12(11)7-10/h1-9H/b13-8+. The molecule has 0 heterocycles. The summed E-state index contributed by atoms with van der Waals surface area (Å²) in [4.78, 5) is 10.1. The van der Waals surface area contributed by atoms with Gasteiger partial charge in [-0.1, -0.05) is 36.4 Å². The van der Waals surface area contributed by atoms with Crippen molar-refractivity contribution in [3.63, 3.8) is 0 Å². The molecule has 0 aliphatic heterocycles. The lowest BCUT2D eigenvalue weighted by molar-refractivity contribution is -0.106. The van der Waals surface area contributed by atoms with Crippen LogP contribution in [0.4, 0.5) is 4.39 Å². The SMILES string of the molecule is O=C/C(F)=C\c1ccc2ccccc2c1. The Hall–Kier alpha value is -1.96. The van der Waals surface area contributed by atoms with E-state index in [2.05, 4.69) is 0 Å². The Labute approximate surface area is 86.8 Å². The van der Waals surface area contributed by atoms with Gasteiger partial charge in [0.2, 0.25) is 0 Å². The van der Waals surface area contributed by atoms with E-state index in [0.717, 1.165) is 10.8 Å². The molecule has 0 saturated carbocycles. The topological polar surface area (TPSA) is 17.1 Å². The number of halogens is 1. The van der Waals surface area contributed by atoms with Crippen LogP contribution in [0.25, 0.3) is 16.8 Å². The van der Waals surface area contributed by atoms with E-state index in [-0.39, 0.29) is 6.29 Å². The highest BCUT2D eigenvalue weighted by atomic mass is 19.1. The van der Waals surface area contributed by atoms with Gasteiger partial charge in [-0.2, -0.15) is 0 Å². The lowest BCUT2D eigenvalue weighted by Gasteiger charge is -1.98. The quantitative estimate of drug-likeness (QED) is 0.536. The maximum absolute atomic E-state index is 12.7. The van der Waals surface area contributed by atoms with Crippen LogP contribution < -0.4 is 0 Å². The fourth-order valence-corrected chi connectivity index (χ4v) is 1.49. The molecule has 1 nitrogen and oxygen atoms in total. The van der Waals surface area contributed by atoms with Crippen LogP contribution in [-0.4, -0.2) is 6.29 Å². The molecule has 2 aromatic rings. The van der Waals surface area contributed by atoms with Crippen molar-refractivity contribution in [1.82, 2.24) is 0 Å². The Morgan fingerprint density at radius 1 is 1.07 bits per heavy atom. The molecule has 0 bridgehead atoms. The third-order valence-electron chi connectivity index (χ3n) is 2.19. The van der Waals surface area contributed by atoms with E-state index < -0.39 is 5.83 Å². The van der Waals surface area contributed by atoms with E-state index in [1.54, 1.807) is 6.07 Å². The molecule has 15 heavy (non-hydrogen) atoms. The van der Waals surface area contributed by atoms with Crippen molar-refractivity contribution in [2.75, 3.05) is 0 Å². The number of benzene rings is 2. The van der Waals surface area contributed by atoms with Gasteiger partial charge in [-0.15, -0.1) is 0 Å². The zero-order valence-corrected chi connectivity index (χ0v) is 7.98. The normalized spacial score (nSPS) is 11.7. The van der Waals surface area contributed by atoms with E-state index in [1.807, 2.05) is 36.4 Å². The molecule has 0 saturated heterocycles. The van der Waals surface area contributed by atoms with Gasteiger partial charge < -0.3 is 0 Å². The molecule has 0 amide bonds. The van der Waals surface area contributed by atoms with Gasteiger partial charge in [0, 0.05) is 0 Å². The first-order valence-electron chi connectivity index (χ1n) is 4.61. The number of rotatable bonds is 2. The summed E-state index contributed by atoms with van der Waals surface area (Å²) >= 11 is 0. The van der Waals surface area contributed by atoms with Crippen LogP contribution in [-0.2, 0) is 4.79 Å². The average Bonchev–Trinajstić information content (AvgIpc) is 2.29. The van der Waals surface area contributed by atoms with Crippen LogP contribution in [0.5, 0.6) is 0 Å². The molecule has 0 fully saturated rings. The molecule has 0 aliphatic carbocycles. The van der Waals surface area contributed by atoms with Gasteiger partial charge >= 0.3 is 0 Å². The Bertz CT molecular complexity index is 529. The summed E-state index contributed by atoms with van der Waals surface area (Å²) in [5.74, 6) is -0.759. The first kappa shape index (κ1) is 9.59. The van der Waals surface area contributed by atoms with Crippen molar-refractivity contribution in [2.24, 2.45) is 0 Å². The van der Waals surface area contributed by atoms with Crippen LogP contribution >= 0.6 is 0 Å². The first-order valence-corrected chi connectivity index (χ1v) is 4.61. The number of carbonyl (C=O) groups excluding carboxylic acids is 1. The monoisotopic (exact) mass is 200 g/mol. The van der Waals surface area contributed by atoms with E-state index in [1.165, 1.54) is 6.08 Å². The van der Waals surface area contributed by atoms with Gasteiger partial charge in [-0.05, 0) is 28.5 Å². The predicted molar refractivity (Wildman–Crippen MR) is 59.1 cm³/mol. The van der Waals surface area contributed by atoms with Crippen molar-refractivity contribution >= 4 is 23.1 Å². The summed E-state index contributed by atoms with van der Waals surface area (Å²) in [6, 6.07) is 13.3. The van der Waals surface area contributed by atoms with Crippen molar-refractivity contribution in [3.05, 3.63) is 53.9 Å². The lowest BCUT2D eigenvalue weighted by atomic mass is 10.1. The molecular formula is C13H9FO. The zero-order valence-electron chi connectivity index (χ0n) is 7.98. The third kappa shape index (κ3) is 2.10. The molecule has 0 spiro atoms. The summed E-state index contributed by atoms with van der Waals surface area (Å²) in [5.41, 5.74) is 0.693. The molecule has 2 heteroatoms. The summed E-state index contributed by atoms with van der Waals surface area (Å²) in [5, 5.41) is 2.13. The van der Waals surface area contributed by atoms with Crippen LogP contribution in [0.15, 0.2) is 48.3 Å². The van der Waals surface area contributed by atoms with Gasteiger partial charge in [0.05, 0.1) is 0 Å². The fourth-order valence-electron chi connectivity index (χ4n) is 1.49. The molecule has 0 unspecified atom stereocenters. The van der Waals surface area contributed by atoms with E-state index >= 15 is 0 Å². The highest BCUT2D eigenvalue weighted by Crippen LogP contribution is 2.17. The maximum Gasteiger partial charge on any atom is 0.178 e. The van der Waals surface area contributed by atoms with Crippen LogP contribution in [0.2, 0.25) is 0 Å². The first-order chi connectivity index (χ1) is 7.29. The highest BCUT2D eigenvalue weighted by Gasteiger charge is 1.95. The second kappa shape index (κ2) is 4.05. The molecule has 0 aromatic heterocycles. The largest absolute Gasteiger partial charge is 0.295 e. The Morgan fingerprint density at radius 3 is 2.53 bits per heavy atom. The molecular weight excluding hydrogens is 191 g/mol. The van der Waals surface area contributed by atoms with Gasteiger partial charge in [-0.25, -0.2) is 4.39 Å². The van der Waals surface area contributed by atoms with Gasteiger partial charge in [-0.3, -0.25) is 4.79 Å². The van der Waals surface area contributed by atoms with Crippen molar-refractivity contribution in [3.8, 4) is 0 Å². The number of hydrogen-bond acceptors (Lipinski definition) is 1. The summed E-state index contributed by atoms with van der Waals surface area (Å²) in [6.45, 7) is 0. The summed E-state index contributed by atoms with van der Waals surface area (Å²) in [6.07, 6.45) is 1.43. The molecule has 0 aliphatic rings. The second-order valence-electron chi connectivity index (χ2n) is 3.25. The number of carbonyl (C=O) groups is 1. The zero-order chi connectivity index (χ0) is 10.7. The van der Waals surface area contributed by atoms with Crippen LogP contribution in [0.3, 0.4) is 0 Å². The number of aldehydes is 1. The molecule has 0 radical (unpaired) electrons. The number of hydrogen-bond donors (Lipinski definition) is 0. The Kier molecular flexibility index (Phi) is 2.59. The van der Waals surface area contributed by atoms with Crippen LogP contribution in [0, 0.1) is 0 Å². The fraction of sp³-hybridized carbons (Fsp3) is 0. The third-order valence-corrected chi connectivity index (χ3v) is 2.19. The minimum Gasteiger partial charge on any atom is -0.295 e. The highest BCUT2D eigenvalue weighted by molar-refractivity contribution is 5.86. The lowest BCUT2D eigenvalue weighted by Crippen LogP contribution is -1.78. The van der Waals surface area contributed by atoms with Crippen molar-refractivity contribution in [2.45, 2.75) is 0 Å². The van der Waals surface area contributed by atoms with Gasteiger partial charge in [0.25, 0.3) is 0 Å². The molecule has 0 N–H and O–H groups in total. The molecule has 2 rings (SSSR count). The van der Waals surface area contributed by atoms with Gasteiger partial charge in [0.1, 0.15) is 0 Å². The minimum absolute atomic E-state index is 0.204. The molecule has 74 valence electrons. The summed E-state index contributed by atoms with van der Waals surface area (Å²) in [7, 11) is 0. The summed E-state index contributed by atoms with van der Waals surface area (Å²) < 4.78 is 12.7. The van der Waals surface area contributed by atoms with E-state index in [9.17, 15) is 9.18 Å².